The van der Waals surface area contributed by atoms with Crippen LogP contribution in [0.15, 0.2) is 60.8 Å². The number of hydrogen-bond donors (Lipinski definition) is 8. The molecule has 0 spiro atoms. The molecule has 21 nitrogen and oxygen atoms in total. The molecule has 3 aromatic rings. The van der Waals surface area contributed by atoms with Crippen LogP contribution >= 0.6 is 23.5 Å². The van der Waals surface area contributed by atoms with Crippen molar-refractivity contribution in [1.29, 1.82) is 0 Å². The highest BCUT2D eigenvalue weighted by atomic mass is 31.3. The number of aromatic nitrogens is 1. The number of phosphoric ester groups is 1. The third-order valence-corrected chi connectivity index (χ3v) is 11.5. The number of benzene rings is 2. The summed E-state index contributed by atoms with van der Waals surface area (Å²) in [6, 6.07) is 14.9. The van der Waals surface area contributed by atoms with Crippen LogP contribution in [0, 0.1) is 22.0 Å². The Morgan fingerprint density at radius 1 is 0.945 bits per heavy atom. The van der Waals surface area contributed by atoms with Gasteiger partial charge in [-0.2, -0.15) is 8.62 Å². The predicted octanol–water partition coefficient (Wildman–Crippen LogP) is 3.22. The van der Waals surface area contributed by atoms with E-state index >= 15 is 0 Å². The number of nitrogens with one attached hydrogen (secondary N) is 2. The largest absolute Gasteiger partial charge is 0.508 e. The van der Waals surface area contributed by atoms with E-state index in [2.05, 4.69) is 35.6 Å². The maximum Gasteiger partial charge on any atom is 0.490 e. The minimum absolute atomic E-state index is 0.0687. The van der Waals surface area contributed by atoms with E-state index in [-0.39, 0.29) is 42.5 Å². The summed E-state index contributed by atoms with van der Waals surface area (Å²) < 4.78 is 52.5. The van der Waals surface area contributed by atoms with Crippen molar-refractivity contribution in [2.24, 2.45) is 0 Å². The number of phenols is 1. The van der Waals surface area contributed by atoms with Crippen molar-refractivity contribution in [3.63, 3.8) is 0 Å². The molecule has 3 unspecified atom stereocenters. The molecule has 8 N–H and O–H groups in total. The fourth-order valence-electron chi connectivity index (χ4n) is 5.16. The molecule has 2 amide bonds. The number of hydrogen-bond acceptors (Lipinski definition) is 13. The molecular weight excluding hydrogens is 793 g/mol. The molecule has 55 heavy (non-hydrogen) atoms. The molecule has 2 heterocycles. The van der Waals surface area contributed by atoms with E-state index in [1.165, 1.54) is 6.20 Å². The SMILES string of the molecule is O=C(CCCCCNC(=O)c1ccc(-c2ccc(O)cc2)cc1)NCC#Cc1cc([N+](=O)[O-])n([C@H]2C[C@@H](O)C(COP(=O)(O)OP(=O)(O)OP(=O)(O)O)O2)c1. The topological polar surface area (TPSA) is 316 Å². The number of carbonyl (C=O) groups is 2. The number of unbranched alkanes of at least 4 members (excludes halogenated alkanes) is 2. The molecule has 5 atom stereocenters. The normalized spacial score (nSPS) is 19.0. The maximum atomic E-state index is 12.5. The predicted molar refractivity (Wildman–Crippen MR) is 190 cm³/mol. The second-order valence-electron chi connectivity index (χ2n) is 11.8. The van der Waals surface area contributed by atoms with Gasteiger partial charge in [-0.05, 0) is 53.2 Å². The molecule has 0 saturated carbocycles. The number of ether oxygens (including phenoxy) is 1. The summed E-state index contributed by atoms with van der Waals surface area (Å²) in [5, 5.41) is 37.0. The van der Waals surface area contributed by atoms with Crippen LogP contribution in [-0.4, -0.2) is 83.0 Å². The summed E-state index contributed by atoms with van der Waals surface area (Å²) in [4.78, 5) is 71.8. The number of amides is 2. The van der Waals surface area contributed by atoms with Crippen LogP contribution in [0.2, 0.25) is 0 Å². The highest BCUT2D eigenvalue weighted by Gasteiger charge is 2.44. The summed E-state index contributed by atoms with van der Waals surface area (Å²) in [5.41, 5.74) is 2.47. The van der Waals surface area contributed by atoms with Gasteiger partial charge in [0, 0.05) is 24.9 Å². The number of nitro groups is 1. The number of aliphatic hydroxyl groups is 1. The second kappa shape index (κ2) is 19.1. The number of phosphoric acid groups is 3. The van der Waals surface area contributed by atoms with Crippen LogP contribution in [0.5, 0.6) is 5.75 Å². The summed E-state index contributed by atoms with van der Waals surface area (Å²) >= 11 is 0. The molecular formula is C31H37N4O17P3. The lowest BCUT2D eigenvalue weighted by molar-refractivity contribution is -0.393. The van der Waals surface area contributed by atoms with Gasteiger partial charge in [0.25, 0.3) is 5.91 Å². The van der Waals surface area contributed by atoms with Crippen molar-refractivity contribution in [3.8, 4) is 28.7 Å². The first kappa shape index (κ1) is 43.5. The minimum atomic E-state index is -5.77. The number of nitrogens with zero attached hydrogens (tertiary/aromatic N) is 2. The zero-order valence-electron chi connectivity index (χ0n) is 28.6. The van der Waals surface area contributed by atoms with Gasteiger partial charge >= 0.3 is 29.3 Å². The lowest BCUT2D eigenvalue weighted by atomic mass is 10.0. The van der Waals surface area contributed by atoms with Gasteiger partial charge in [-0.15, -0.1) is 0 Å². The highest BCUT2D eigenvalue weighted by molar-refractivity contribution is 7.66. The molecule has 298 valence electrons. The standard InChI is InChI=1S/C31H37N4O17P3/c36-25-13-11-23(12-14-25)22-7-9-24(10-8-22)31(39)33-15-3-1-2-6-28(38)32-16-4-5-21-17-29(35(40)41)34(19-21)30-18-26(37)27(50-30)20-49-54(45,46)52-55(47,48)51-53(42,43)44/h7-14,17,19,26-27,30,36-37H,1-3,6,15-16,18,20H2,(H,32,38)(H,33,39)(H,45,46)(H,47,48)(H2,42,43,44)/t26-,27?,30-/m1/s1. The quantitative estimate of drug-likeness (QED) is 0.0300. The van der Waals surface area contributed by atoms with E-state index in [0.717, 1.165) is 21.8 Å². The molecule has 2 aromatic carbocycles. The Balaban J connectivity index is 1.16. The number of aromatic hydroxyl groups is 1. The van der Waals surface area contributed by atoms with E-state index in [0.29, 0.717) is 31.4 Å². The summed E-state index contributed by atoms with van der Waals surface area (Å²) in [6.07, 6.45) is -0.969. The van der Waals surface area contributed by atoms with Gasteiger partial charge < -0.3 is 55.3 Å². The average molecular weight is 831 g/mol. The first-order chi connectivity index (χ1) is 25.8. The minimum Gasteiger partial charge on any atom is -0.508 e. The number of carbonyl (C=O) groups excluding carboxylic acids is 2. The molecule has 1 saturated heterocycles. The first-order valence-corrected chi connectivity index (χ1v) is 20.7. The van der Waals surface area contributed by atoms with Crippen LogP contribution in [0.1, 0.15) is 54.3 Å². The molecule has 24 heteroatoms. The van der Waals surface area contributed by atoms with E-state index in [1.807, 2.05) is 12.1 Å². The Morgan fingerprint density at radius 2 is 1.60 bits per heavy atom. The maximum absolute atomic E-state index is 12.5. The van der Waals surface area contributed by atoms with Crippen molar-refractivity contribution < 1.29 is 75.9 Å². The van der Waals surface area contributed by atoms with Gasteiger partial charge in [0.2, 0.25) is 12.1 Å². The lowest BCUT2D eigenvalue weighted by Gasteiger charge is -2.18. The fraction of sp³-hybridized carbons (Fsp3) is 0.355. The van der Waals surface area contributed by atoms with Crippen molar-refractivity contribution >= 4 is 41.1 Å². The van der Waals surface area contributed by atoms with Crippen LogP contribution in [0.25, 0.3) is 11.1 Å². The average Bonchev–Trinajstić information content (AvgIpc) is 3.69. The van der Waals surface area contributed by atoms with Gasteiger partial charge in [-0.1, -0.05) is 42.5 Å². The Hall–Kier alpha value is -4.25. The van der Waals surface area contributed by atoms with Crippen molar-refractivity contribution in [1.82, 2.24) is 15.2 Å². The summed E-state index contributed by atoms with van der Waals surface area (Å²) in [7, 11) is -16.9. The van der Waals surface area contributed by atoms with Gasteiger partial charge in [-0.3, -0.25) is 14.1 Å². The Labute approximate surface area is 312 Å². The fourth-order valence-corrected chi connectivity index (χ4v) is 8.19. The van der Waals surface area contributed by atoms with Crippen LogP contribution in [-0.2, 0) is 36.4 Å². The van der Waals surface area contributed by atoms with Crippen LogP contribution in [0.4, 0.5) is 5.82 Å². The smallest absolute Gasteiger partial charge is 0.490 e. The number of aliphatic hydroxyl groups excluding tert-OH is 1. The highest BCUT2D eigenvalue weighted by Crippen LogP contribution is 2.66. The molecule has 1 aliphatic rings. The zero-order valence-corrected chi connectivity index (χ0v) is 31.3. The Morgan fingerprint density at radius 3 is 2.24 bits per heavy atom. The summed E-state index contributed by atoms with van der Waals surface area (Å²) in [5.74, 6) is 4.55. The second-order valence-corrected chi connectivity index (χ2v) is 16.3. The Kier molecular flexibility index (Phi) is 15.1. The summed E-state index contributed by atoms with van der Waals surface area (Å²) in [6.45, 7) is -0.607. The molecule has 0 radical (unpaired) electrons. The molecule has 0 aliphatic carbocycles. The van der Waals surface area contributed by atoms with Gasteiger partial charge in [-0.25, -0.2) is 18.3 Å². The first-order valence-electron chi connectivity index (χ1n) is 16.2. The van der Waals surface area contributed by atoms with Crippen LogP contribution < -0.4 is 10.6 Å². The van der Waals surface area contributed by atoms with Crippen molar-refractivity contribution in [2.45, 2.75) is 50.5 Å². The third kappa shape index (κ3) is 14.1. The number of rotatable bonds is 18. The zero-order chi connectivity index (χ0) is 40.4. The van der Waals surface area contributed by atoms with Crippen molar-refractivity contribution in [2.75, 3.05) is 19.7 Å². The third-order valence-electron chi connectivity index (χ3n) is 7.67. The van der Waals surface area contributed by atoms with Gasteiger partial charge in [0.05, 0.1) is 30.9 Å². The number of phenolic OH excluding ortho intramolecular Hbond substituents is 1. The lowest BCUT2D eigenvalue weighted by Crippen LogP contribution is -2.26. The van der Waals surface area contributed by atoms with Gasteiger partial charge in [0.15, 0.2) is 0 Å². The van der Waals surface area contributed by atoms with E-state index in [1.54, 1.807) is 36.4 Å². The molecule has 1 fully saturated rings. The monoisotopic (exact) mass is 830 g/mol. The van der Waals surface area contributed by atoms with E-state index < -0.39 is 59.3 Å². The molecule has 0 bridgehead atoms. The molecule has 1 aromatic heterocycles. The Bertz CT molecular complexity index is 2040. The van der Waals surface area contributed by atoms with Gasteiger partial charge in [0.1, 0.15) is 18.1 Å². The van der Waals surface area contributed by atoms with Crippen molar-refractivity contribution in [3.05, 3.63) is 82.0 Å². The van der Waals surface area contributed by atoms with Crippen LogP contribution in [0.3, 0.4) is 0 Å². The molecule has 1 aliphatic heterocycles. The molecule has 4 rings (SSSR count). The van der Waals surface area contributed by atoms with E-state index in [4.69, 9.17) is 14.5 Å². The van der Waals surface area contributed by atoms with E-state index in [9.17, 15) is 53.4 Å².